The molecular weight excluding hydrogens is 166 g/mol. The number of hydrogen-bond acceptors (Lipinski definition) is 3. The van der Waals surface area contributed by atoms with Crippen LogP contribution >= 0.6 is 0 Å². The van der Waals surface area contributed by atoms with Gasteiger partial charge < -0.3 is 5.32 Å². The summed E-state index contributed by atoms with van der Waals surface area (Å²) >= 11 is 0. The van der Waals surface area contributed by atoms with Gasteiger partial charge in [-0.2, -0.15) is 10.5 Å². The second kappa shape index (κ2) is 5.16. The summed E-state index contributed by atoms with van der Waals surface area (Å²) in [5.74, 6) is -1.03. The highest BCUT2D eigenvalue weighted by molar-refractivity contribution is 5.81. The van der Waals surface area contributed by atoms with Crippen LogP contribution in [0, 0.1) is 34.5 Å². The van der Waals surface area contributed by atoms with Gasteiger partial charge in [0, 0.05) is 0 Å². The molecule has 0 saturated heterocycles. The van der Waals surface area contributed by atoms with Gasteiger partial charge in [0.15, 0.2) is 0 Å². The van der Waals surface area contributed by atoms with Crippen LogP contribution in [0.5, 0.6) is 0 Å². The van der Waals surface area contributed by atoms with Gasteiger partial charge in [-0.15, -0.1) is 0 Å². The van der Waals surface area contributed by atoms with E-state index in [9.17, 15) is 4.79 Å². The van der Waals surface area contributed by atoms with Crippen LogP contribution in [0.2, 0.25) is 0 Å². The molecule has 0 radical (unpaired) electrons. The molecule has 0 aromatic heterocycles. The Balaban J connectivity index is 4.21. The average Bonchev–Trinajstić information content (AvgIpc) is 2.11. The van der Waals surface area contributed by atoms with E-state index in [0.717, 1.165) is 0 Å². The van der Waals surface area contributed by atoms with Crippen molar-refractivity contribution in [3.05, 3.63) is 0 Å². The van der Waals surface area contributed by atoms with E-state index in [4.69, 9.17) is 10.5 Å². The standard InChI is InChI=1S/C9H13N3O/c1-6(2)8(5-11)12-9(13)7(3)4-10/h6-8H,1-3H3,(H,12,13). The van der Waals surface area contributed by atoms with Gasteiger partial charge in [-0.1, -0.05) is 13.8 Å². The molecule has 1 amide bonds. The molecule has 4 heteroatoms. The smallest absolute Gasteiger partial charge is 0.238 e. The van der Waals surface area contributed by atoms with Crippen molar-refractivity contribution in [2.45, 2.75) is 26.8 Å². The molecule has 0 bridgehead atoms. The highest BCUT2D eigenvalue weighted by atomic mass is 16.1. The maximum Gasteiger partial charge on any atom is 0.238 e. The summed E-state index contributed by atoms with van der Waals surface area (Å²) < 4.78 is 0. The van der Waals surface area contributed by atoms with Crippen molar-refractivity contribution in [1.29, 1.82) is 10.5 Å². The zero-order valence-corrected chi connectivity index (χ0v) is 8.03. The molecule has 0 aromatic carbocycles. The minimum atomic E-state index is -0.699. The highest BCUT2D eigenvalue weighted by Gasteiger charge is 2.18. The summed E-state index contributed by atoms with van der Waals surface area (Å²) in [6.07, 6.45) is 0. The SMILES string of the molecule is CC(C#N)C(=O)NC(C#N)C(C)C. The van der Waals surface area contributed by atoms with Gasteiger partial charge in [0.25, 0.3) is 0 Å². The van der Waals surface area contributed by atoms with E-state index >= 15 is 0 Å². The van der Waals surface area contributed by atoms with Crippen LogP contribution in [-0.4, -0.2) is 11.9 Å². The molecule has 13 heavy (non-hydrogen) atoms. The highest BCUT2D eigenvalue weighted by Crippen LogP contribution is 2.01. The Morgan fingerprint density at radius 2 is 1.77 bits per heavy atom. The van der Waals surface area contributed by atoms with Crippen LogP contribution in [0.4, 0.5) is 0 Å². The second-order valence-electron chi connectivity index (χ2n) is 3.21. The molecule has 70 valence electrons. The first-order valence-corrected chi connectivity index (χ1v) is 4.12. The van der Waals surface area contributed by atoms with Crippen molar-refractivity contribution < 1.29 is 4.79 Å². The summed E-state index contributed by atoms with van der Waals surface area (Å²) in [4.78, 5) is 11.2. The van der Waals surface area contributed by atoms with Crippen molar-refractivity contribution in [2.24, 2.45) is 11.8 Å². The molecule has 0 aliphatic heterocycles. The zero-order chi connectivity index (χ0) is 10.4. The molecule has 0 aliphatic rings. The number of amides is 1. The van der Waals surface area contributed by atoms with Crippen LogP contribution in [-0.2, 0) is 4.79 Å². The molecule has 0 aliphatic carbocycles. The third-order valence-corrected chi connectivity index (χ3v) is 1.69. The van der Waals surface area contributed by atoms with E-state index in [0.29, 0.717) is 0 Å². The quantitative estimate of drug-likeness (QED) is 0.696. The van der Waals surface area contributed by atoms with Crippen LogP contribution in [0.15, 0.2) is 0 Å². The molecule has 2 atom stereocenters. The van der Waals surface area contributed by atoms with Gasteiger partial charge in [-0.25, -0.2) is 0 Å². The number of rotatable bonds is 3. The van der Waals surface area contributed by atoms with Crippen molar-refractivity contribution in [2.75, 3.05) is 0 Å². The number of carbonyl (C=O) groups excluding carboxylic acids is 1. The van der Waals surface area contributed by atoms with Gasteiger partial charge >= 0.3 is 0 Å². The van der Waals surface area contributed by atoms with Crippen LogP contribution in [0.3, 0.4) is 0 Å². The molecule has 0 heterocycles. The molecule has 4 nitrogen and oxygen atoms in total. The fourth-order valence-electron chi connectivity index (χ4n) is 0.685. The Morgan fingerprint density at radius 1 is 1.23 bits per heavy atom. The van der Waals surface area contributed by atoms with Crippen molar-refractivity contribution in [3.63, 3.8) is 0 Å². The number of nitriles is 2. The third-order valence-electron chi connectivity index (χ3n) is 1.69. The van der Waals surface area contributed by atoms with Gasteiger partial charge in [-0.3, -0.25) is 4.79 Å². The van der Waals surface area contributed by atoms with Gasteiger partial charge in [0.05, 0.1) is 12.1 Å². The Hall–Kier alpha value is -1.55. The molecule has 0 saturated carbocycles. The Kier molecular flexibility index (Phi) is 4.54. The van der Waals surface area contributed by atoms with Crippen molar-refractivity contribution >= 4 is 5.91 Å². The van der Waals surface area contributed by atoms with Gasteiger partial charge in [0.2, 0.25) is 5.91 Å². The maximum atomic E-state index is 11.2. The van der Waals surface area contributed by atoms with Crippen LogP contribution in [0.1, 0.15) is 20.8 Å². The molecule has 0 rings (SSSR count). The normalized spacial score (nSPS) is 14.0. The molecule has 0 fully saturated rings. The average molecular weight is 179 g/mol. The predicted molar refractivity (Wildman–Crippen MR) is 47.2 cm³/mol. The van der Waals surface area contributed by atoms with E-state index in [2.05, 4.69) is 5.32 Å². The number of carbonyl (C=O) groups is 1. The minimum Gasteiger partial charge on any atom is -0.339 e. The predicted octanol–water partition coefficient (Wildman–Crippen LogP) is 0.810. The van der Waals surface area contributed by atoms with Gasteiger partial charge in [0.1, 0.15) is 12.0 Å². The van der Waals surface area contributed by atoms with E-state index in [1.165, 1.54) is 6.92 Å². The van der Waals surface area contributed by atoms with Gasteiger partial charge in [-0.05, 0) is 12.8 Å². The Morgan fingerprint density at radius 3 is 2.08 bits per heavy atom. The molecule has 2 unspecified atom stereocenters. The monoisotopic (exact) mass is 179 g/mol. The first kappa shape index (κ1) is 11.4. The van der Waals surface area contributed by atoms with E-state index in [-0.39, 0.29) is 11.8 Å². The lowest BCUT2D eigenvalue weighted by Gasteiger charge is -2.15. The largest absolute Gasteiger partial charge is 0.339 e. The summed E-state index contributed by atoms with van der Waals surface area (Å²) in [6, 6.07) is 3.27. The van der Waals surface area contributed by atoms with E-state index in [1.54, 1.807) is 0 Å². The van der Waals surface area contributed by atoms with E-state index in [1.807, 2.05) is 26.0 Å². The summed E-state index contributed by atoms with van der Waals surface area (Å²) in [5, 5.41) is 19.6. The number of hydrogen-bond donors (Lipinski definition) is 1. The minimum absolute atomic E-state index is 0.0554. The summed E-state index contributed by atoms with van der Waals surface area (Å²) in [6.45, 7) is 5.18. The fraction of sp³-hybridized carbons (Fsp3) is 0.667. The lowest BCUT2D eigenvalue weighted by Crippen LogP contribution is -2.39. The molecule has 1 N–H and O–H groups in total. The second-order valence-corrected chi connectivity index (χ2v) is 3.21. The summed E-state index contributed by atoms with van der Waals surface area (Å²) in [7, 11) is 0. The Labute approximate surface area is 78.2 Å². The topological polar surface area (TPSA) is 76.7 Å². The first-order chi connectivity index (χ1) is 6.02. The summed E-state index contributed by atoms with van der Waals surface area (Å²) in [5.41, 5.74) is 0. The molecular formula is C9H13N3O. The van der Waals surface area contributed by atoms with Crippen LogP contribution in [0.25, 0.3) is 0 Å². The van der Waals surface area contributed by atoms with Crippen molar-refractivity contribution in [3.8, 4) is 12.1 Å². The third kappa shape index (κ3) is 3.57. The molecule has 0 spiro atoms. The zero-order valence-electron chi connectivity index (χ0n) is 8.03. The Bertz CT molecular complexity index is 259. The first-order valence-electron chi connectivity index (χ1n) is 4.12. The van der Waals surface area contributed by atoms with Crippen molar-refractivity contribution in [1.82, 2.24) is 5.32 Å². The fourth-order valence-corrected chi connectivity index (χ4v) is 0.685. The number of nitrogens with one attached hydrogen (secondary N) is 1. The lowest BCUT2D eigenvalue weighted by molar-refractivity contribution is -0.123. The lowest BCUT2D eigenvalue weighted by atomic mass is 10.0. The van der Waals surface area contributed by atoms with Crippen LogP contribution < -0.4 is 5.32 Å². The van der Waals surface area contributed by atoms with E-state index < -0.39 is 12.0 Å². The molecule has 0 aromatic rings. The number of nitrogens with zero attached hydrogens (tertiary/aromatic N) is 2. The maximum absolute atomic E-state index is 11.2.